The van der Waals surface area contributed by atoms with E-state index in [1.165, 1.54) is 44.1 Å². The van der Waals surface area contributed by atoms with Crippen molar-refractivity contribution in [2.45, 2.75) is 20.3 Å². The zero-order valence-electron chi connectivity index (χ0n) is 22.4. The summed E-state index contributed by atoms with van der Waals surface area (Å²) < 4.78 is 0. The number of para-hydroxylation sites is 1. The molecule has 5 aromatic rings. The minimum Gasteiger partial charge on any atom is -0.354 e. The highest BCUT2D eigenvalue weighted by molar-refractivity contribution is 6.11. The number of hydrogen-bond donors (Lipinski definition) is 1. The van der Waals surface area contributed by atoms with E-state index in [2.05, 4.69) is 164 Å². The molecule has 39 heavy (non-hydrogen) atoms. The summed E-state index contributed by atoms with van der Waals surface area (Å²) in [5.41, 5.74) is 8.16. The van der Waals surface area contributed by atoms with E-state index in [1.54, 1.807) is 0 Å². The second kappa shape index (κ2) is 10.9. The van der Waals surface area contributed by atoms with Gasteiger partial charge >= 0.3 is 0 Å². The molecule has 0 saturated carbocycles. The molecule has 0 unspecified atom stereocenters. The first-order valence-electron chi connectivity index (χ1n) is 13.6. The minimum absolute atomic E-state index is 0.894. The number of allylic oxidation sites excluding steroid dienone is 6. The highest BCUT2D eigenvalue weighted by Gasteiger charge is 2.23. The molecule has 5 aromatic carbocycles. The van der Waals surface area contributed by atoms with Gasteiger partial charge in [0.2, 0.25) is 0 Å². The first-order chi connectivity index (χ1) is 19.3. The van der Waals surface area contributed by atoms with Crippen molar-refractivity contribution in [3.8, 4) is 0 Å². The molecule has 190 valence electrons. The predicted molar refractivity (Wildman–Crippen MR) is 170 cm³/mol. The van der Waals surface area contributed by atoms with Crippen LogP contribution in [0.3, 0.4) is 0 Å². The summed E-state index contributed by atoms with van der Waals surface area (Å²) in [7, 11) is 0. The Balaban J connectivity index is 1.64. The highest BCUT2D eigenvalue weighted by Crippen LogP contribution is 2.45. The van der Waals surface area contributed by atoms with Gasteiger partial charge in [0.15, 0.2) is 0 Å². The Morgan fingerprint density at radius 1 is 0.744 bits per heavy atom. The number of fused-ring (bicyclic) bond motifs is 2. The van der Waals surface area contributed by atoms with E-state index >= 15 is 0 Å². The van der Waals surface area contributed by atoms with Crippen molar-refractivity contribution in [2.75, 3.05) is 10.2 Å². The molecular weight excluding hydrogens is 472 g/mol. The lowest BCUT2D eigenvalue weighted by atomic mass is 9.94. The van der Waals surface area contributed by atoms with E-state index in [-0.39, 0.29) is 0 Å². The third-order valence-electron chi connectivity index (χ3n) is 7.34. The van der Waals surface area contributed by atoms with Crippen LogP contribution < -0.4 is 10.2 Å². The van der Waals surface area contributed by atoms with Crippen LogP contribution in [0, 0.1) is 6.92 Å². The van der Waals surface area contributed by atoms with E-state index < -0.39 is 0 Å². The van der Waals surface area contributed by atoms with Crippen molar-refractivity contribution in [1.82, 2.24) is 0 Å². The lowest BCUT2D eigenvalue weighted by Crippen LogP contribution is -2.17. The number of hydrogen-bond acceptors (Lipinski definition) is 2. The van der Waals surface area contributed by atoms with Crippen LogP contribution in [0.1, 0.15) is 24.5 Å². The van der Waals surface area contributed by atoms with Crippen LogP contribution in [0.4, 0.5) is 22.7 Å². The molecule has 0 saturated heterocycles. The van der Waals surface area contributed by atoms with Crippen LogP contribution in [0.15, 0.2) is 139 Å². The number of nitrogens with zero attached hydrogens (tertiary/aromatic N) is 1. The zero-order valence-corrected chi connectivity index (χ0v) is 22.4. The second-order valence-electron chi connectivity index (χ2n) is 9.78. The largest absolute Gasteiger partial charge is 0.354 e. The fourth-order valence-electron chi connectivity index (χ4n) is 5.55. The van der Waals surface area contributed by atoms with Crippen molar-refractivity contribution in [1.29, 1.82) is 0 Å². The molecule has 1 aliphatic rings. The van der Waals surface area contributed by atoms with Gasteiger partial charge in [-0.1, -0.05) is 115 Å². The molecule has 0 fully saturated rings. The molecule has 0 spiro atoms. The van der Waals surface area contributed by atoms with Gasteiger partial charge in [-0.2, -0.15) is 0 Å². The normalized spacial score (nSPS) is 13.1. The smallest absolute Gasteiger partial charge is 0.0576 e. The Hall–Kier alpha value is -4.82. The topological polar surface area (TPSA) is 15.3 Å². The summed E-state index contributed by atoms with van der Waals surface area (Å²) in [6.07, 6.45) is 16.2. The van der Waals surface area contributed by atoms with Gasteiger partial charge in [0.05, 0.1) is 11.4 Å². The van der Waals surface area contributed by atoms with Gasteiger partial charge in [0, 0.05) is 38.8 Å². The Kier molecular flexibility index (Phi) is 6.84. The SMILES string of the molecule is C/C=C\c1c(C)c(N(C2=CCC=CC=C2)c2ccccc2)c2ccccc2c1Nc1cccc2ccccc12. The molecule has 0 aromatic heterocycles. The lowest BCUT2D eigenvalue weighted by molar-refractivity contribution is 1.17. The zero-order chi connectivity index (χ0) is 26.6. The van der Waals surface area contributed by atoms with Gasteiger partial charge < -0.3 is 10.2 Å². The Morgan fingerprint density at radius 3 is 2.28 bits per heavy atom. The quantitative estimate of drug-likeness (QED) is 0.247. The van der Waals surface area contributed by atoms with E-state index in [0.717, 1.165) is 23.5 Å². The van der Waals surface area contributed by atoms with Crippen molar-refractivity contribution in [3.05, 3.63) is 150 Å². The highest BCUT2D eigenvalue weighted by atomic mass is 15.2. The van der Waals surface area contributed by atoms with Crippen molar-refractivity contribution < 1.29 is 0 Å². The monoisotopic (exact) mass is 504 g/mol. The average Bonchev–Trinajstić information content (AvgIpc) is 3.27. The third-order valence-corrected chi connectivity index (χ3v) is 7.34. The van der Waals surface area contributed by atoms with Crippen molar-refractivity contribution in [3.63, 3.8) is 0 Å². The van der Waals surface area contributed by atoms with Crippen LogP contribution in [0.25, 0.3) is 27.6 Å². The van der Waals surface area contributed by atoms with Gasteiger partial charge in [-0.15, -0.1) is 0 Å². The number of benzene rings is 5. The van der Waals surface area contributed by atoms with Gasteiger partial charge in [-0.25, -0.2) is 0 Å². The van der Waals surface area contributed by atoms with E-state index in [0.29, 0.717) is 0 Å². The Morgan fingerprint density at radius 2 is 1.46 bits per heavy atom. The van der Waals surface area contributed by atoms with Crippen LogP contribution in [-0.4, -0.2) is 0 Å². The first-order valence-corrected chi connectivity index (χ1v) is 13.6. The summed E-state index contributed by atoms with van der Waals surface area (Å²) in [5, 5.41) is 8.71. The fraction of sp³-hybridized carbons (Fsp3) is 0.0811. The Labute approximate surface area is 230 Å². The van der Waals surface area contributed by atoms with Gasteiger partial charge in [0.1, 0.15) is 0 Å². The molecule has 2 nitrogen and oxygen atoms in total. The molecule has 0 amide bonds. The summed E-state index contributed by atoms with van der Waals surface area (Å²) in [6.45, 7) is 4.34. The molecular formula is C37H32N2. The van der Waals surface area contributed by atoms with Gasteiger partial charge in [-0.3, -0.25) is 0 Å². The molecule has 0 atom stereocenters. The van der Waals surface area contributed by atoms with E-state index in [4.69, 9.17) is 0 Å². The third kappa shape index (κ3) is 4.66. The predicted octanol–water partition coefficient (Wildman–Crippen LogP) is 10.6. The molecule has 0 heterocycles. The van der Waals surface area contributed by atoms with E-state index in [1.807, 2.05) is 0 Å². The molecule has 0 bridgehead atoms. The fourth-order valence-corrected chi connectivity index (χ4v) is 5.55. The first kappa shape index (κ1) is 24.5. The summed E-state index contributed by atoms with van der Waals surface area (Å²) in [5.74, 6) is 0. The lowest BCUT2D eigenvalue weighted by Gasteiger charge is -2.31. The van der Waals surface area contributed by atoms with Crippen LogP contribution in [0.5, 0.6) is 0 Å². The average molecular weight is 505 g/mol. The van der Waals surface area contributed by atoms with Crippen LogP contribution in [0.2, 0.25) is 0 Å². The molecule has 6 rings (SSSR count). The van der Waals surface area contributed by atoms with Crippen LogP contribution >= 0.6 is 0 Å². The van der Waals surface area contributed by atoms with Crippen molar-refractivity contribution >= 4 is 50.4 Å². The summed E-state index contributed by atoms with van der Waals surface area (Å²) in [4.78, 5) is 2.41. The minimum atomic E-state index is 0.894. The maximum absolute atomic E-state index is 3.87. The molecule has 0 radical (unpaired) electrons. The standard InChI is InChI=1S/C37H32N2/c1-3-16-31-27(2)37(39(30-21-9-6-10-22-30)29-19-7-4-5-8-20-29)34-25-14-13-24-33(34)36(31)38-35-26-15-18-28-17-11-12-23-32(28)35/h3-7,9-26,38H,8H2,1-2H3/b16-3-. The van der Waals surface area contributed by atoms with Gasteiger partial charge in [-0.05, 0) is 55.5 Å². The number of nitrogens with one attached hydrogen (secondary N) is 1. The second-order valence-corrected chi connectivity index (χ2v) is 9.78. The molecule has 0 aliphatic heterocycles. The molecule has 2 heteroatoms. The summed E-state index contributed by atoms with van der Waals surface area (Å²) >= 11 is 0. The van der Waals surface area contributed by atoms with E-state index in [9.17, 15) is 0 Å². The number of rotatable bonds is 6. The maximum atomic E-state index is 3.87. The van der Waals surface area contributed by atoms with Crippen molar-refractivity contribution in [2.24, 2.45) is 0 Å². The van der Waals surface area contributed by atoms with Crippen LogP contribution in [-0.2, 0) is 0 Å². The number of anilines is 4. The Bertz CT molecular complexity index is 1770. The van der Waals surface area contributed by atoms with Gasteiger partial charge in [0.25, 0.3) is 0 Å². The molecule has 1 aliphatic carbocycles. The summed E-state index contributed by atoms with van der Waals surface area (Å²) in [6, 6.07) is 34.5. The molecule has 1 N–H and O–H groups in total. The maximum Gasteiger partial charge on any atom is 0.0576 e.